The quantitative estimate of drug-likeness (QED) is 0.647. The summed E-state index contributed by atoms with van der Waals surface area (Å²) in [5, 5.41) is 2.98. The smallest absolute Gasteiger partial charge is 0.239 e. The molecule has 4 nitrogen and oxygen atoms in total. The first kappa shape index (κ1) is 16.3. The molecular formula is C18H24N2O2. The number of carbonyl (C=O) groups excluding carboxylic acids is 2. The zero-order valence-electron chi connectivity index (χ0n) is 13.1. The minimum Gasteiger partial charge on any atom is -0.350 e. The second kappa shape index (κ2) is 8.37. The van der Waals surface area contributed by atoms with E-state index in [1.54, 1.807) is 4.90 Å². The van der Waals surface area contributed by atoms with Gasteiger partial charge in [0, 0.05) is 13.0 Å². The summed E-state index contributed by atoms with van der Waals surface area (Å²) < 4.78 is 0. The lowest BCUT2D eigenvalue weighted by Crippen LogP contribution is -2.56. The number of unbranched alkanes of at least 4 members (excludes halogenated alkanes) is 1. The highest BCUT2D eigenvalue weighted by Gasteiger charge is 2.27. The summed E-state index contributed by atoms with van der Waals surface area (Å²) in [4.78, 5) is 25.8. The van der Waals surface area contributed by atoms with Crippen molar-refractivity contribution in [3.63, 3.8) is 0 Å². The van der Waals surface area contributed by atoms with Gasteiger partial charge in [-0.3, -0.25) is 9.59 Å². The van der Waals surface area contributed by atoms with Crippen LogP contribution in [0, 0.1) is 0 Å². The van der Waals surface area contributed by atoms with Crippen molar-refractivity contribution in [1.29, 1.82) is 0 Å². The molecule has 2 rings (SSSR count). The zero-order valence-corrected chi connectivity index (χ0v) is 13.1. The highest BCUT2D eigenvalue weighted by atomic mass is 16.2. The molecule has 1 N–H and O–H groups in total. The second-order valence-corrected chi connectivity index (χ2v) is 5.69. The molecule has 22 heavy (non-hydrogen) atoms. The summed E-state index contributed by atoms with van der Waals surface area (Å²) in [6.45, 7) is 2.77. The minimum absolute atomic E-state index is 0.00291. The van der Waals surface area contributed by atoms with E-state index in [9.17, 15) is 9.59 Å². The second-order valence-electron chi connectivity index (χ2n) is 5.69. The molecule has 0 saturated carbocycles. The number of hydrogen-bond acceptors (Lipinski definition) is 2. The van der Waals surface area contributed by atoms with Crippen LogP contribution in [0.15, 0.2) is 42.5 Å². The van der Waals surface area contributed by atoms with E-state index >= 15 is 0 Å². The van der Waals surface area contributed by atoms with Crippen molar-refractivity contribution in [3.05, 3.63) is 48.0 Å². The van der Waals surface area contributed by atoms with Crippen molar-refractivity contribution in [3.8, 4) is 0 Å². The summed E-state index contributed by atoms with van der Waals surface area (Å²) in [6, 6.07) is 10.1. The third-order valence-corrected chi connectivity index (χ3v) is 3.82. The van der Waals surface area contributed by atoms with Gasteiger partial charge in [-0.1, -0.05) is 42.5 Å². The van der Waals surface area contributed by atoms with Crippen LogP contribution in [0.2, 0.25) is 0 Å². The Morgan fingerprint density at radius 2 is 2.14 bits per heavy atom. The highest BCUT2D eigenvalue weighted by Crippen LogP contribution is 2.10. The lowest BCUT2D eigenvalue weighted by atomic mass is 10.0. The molecule has 1 aromatic carbocycles. The Kier molecular flexibility index (Phi) is 6.19. The monoisotopic (exact) mass is 300 g/mol. The zero-order chi connectivity index (χ0) is 15.8. The summed E-state index contributed by atoms with van der Waals surface area (Å²) >= 11 is 0. The number of nitrogens with zero attached hydrogens (tertiary/aromatic N) is 1. The molecule has 0 spiro atoms. The van der Waals surface area contributed by atoms with Crippen molar-refractivity contribution >= 4 is 11.8 Å². The molecule has 118 valence electrons. The molecule has 0 bridgehead atoms. The maximum Gasteiger partial charge on any atom is 0.239 e. The highest BCUT2D eigenvalue weighted by molar-refractivity contribution is 5.86. The molecule has 2 amide bonds. The lowest BCUT2D eigenvalue weighted by Gasteiger charge is -2.33. The molecule has 1 aliphatic rings. The fourth-order valence-electron chi connectivity index (χ4n) is 2.72. The van der Waals surface area contributed by atoms with Gasteiger partial charge in [0.15, 0.2) is 0 Å². The molecule has 0 aliphatic carbocycles. The van der Waals surface area contributed by atoms with E-state index in [2.05, 4.69) is 11.4 Å². The number of benzene rings is 1. The van der Waals surface area contributed by atoms with Gasteiger partial charge in [-0.2, -0.15) is 0 Å². The number of allylic oxidation sites excluding steroid dienone is 2. The predicted molar refractivity (Wildman–Crippen MR) is 87.3 cm³/mol. The normalized spacial score (nSPS) is 18.5. The maximum atomic E-state index is 12.2. The molecule has 1 saturated heterocycles. The minimum atomic E-state index is -0.0611. The molecule has 4 heteroatoms. The number of nitrogens with one attached hydrogen (secondary N) is 1. The fourth-order valence-corrected chi connectivity index (χ4v) is 2.72. The molecule has 0 aromatic heterocycles. The Morgan fingerprint density at radius 3 is 2.86 bits per heavy atom. The van der Waals surface area contributed by atoms with E-state index in [4.69, 9.17) is 0 Å². The standard InChI is InChI=1S/C18H24N2O2/c1-2-3-4-8-11-18(22)20-13-16(19-17(21)14-20)12-15-9-6-5-7-10-15/h2-3,5-7,9-10,16H,4,8,11-14H2,1H3,(H,19,21)/t16-/m0/s1. The van der Waals surface area contributed by atoms with Crippen LogP contribution in [0.1, 0.15) is 31.7 Å². The summed E-state index contributed by atoms with van der Waals surface area (Å²) in [5.41, 5.74) is 1.18. The lowest BCUT2D eigenvalue weighted by molar-refractivity contribution is -0.139. The first-order valence-corrected chi connectivity index (χ1v) is 7.91. The van der Waals surface area contributed by atoms with Crippen LogP contribution in [0.3, 0.4) is 0 Å². The molecule has 0 radical (unpaired) electrons. The average molecular weight is 300 g/mol. The van der Waals surface area contributed by atoms with Crippen LogP contribution >= 0.6 is 0 Å². The largest absolute Gasteiger partial charge is 0.350 e. The van der Waals surface area contributed by atoms with Crippen molar-refractivity contribution in [2.45, 2.75) is 38.6 Å². The van der Waals surface area contributed by atoms with E-state index < -0.39 is 0 Å². The van der Waals surface area contributed by atoms with Crippen LogP contribution in [-0.4, -0.2) is 35.8 Å². The van der Waals surface area contributed by atoms with E-state index in [1.165, 1.54) is 5.56 Å². The van der Waals surface area contributed by atoms with Crippen LogP contribution in [0.4, 0.5) is 0 Å². The molecule has 0 unspecified atom stereocenters. The molecule has 1 fully saturated rings. The van der Waals surface area contributed by atoms with Gasteiger partial charge in [0.25, 0.3) is 0 Å². The molecule has 1 aromatic rings. The third kappa shape index (κ3) is 5.02. The molecule has 1 heterocycles. The first-order chi connectivity index (χ1) is 10.7. The van der Waals surface area contributed by atoms with Crippen molar-refractivity contribution in [2.24, 2.45) is 0 Å². The van der Waals surface area contributed by atoms with Crippen molar-refractivity contribution < 1.29 is 9.59 Å². The van der Waals surface area contributed by atoms with Crippen molar-refractivity contribution in [1.82, 2.24) is 10.2 Å². The van der Waals surface area contributed by atoms with E-state index in [0.717, 1.165) is 19.3 Å². The van der Waals surface area contributed by atoms with Crippen LogP contribution in [-0.2, 0) is 16.0 Å². The summed E-state index contributed by atoms with van der Waals surface area (Å²) in [7, 11) is 0. The first-order valence-electron chi connectivity index (χ1n) is 7.91. The van der Waals surface area contributed by atoms with E-state index in [-0.39, 0.29) is 24.4 Å². The Labute approximate surface area is 132 Å². The van der Waals surface area contributed by atoms with Crippen LogP contribution in [0.25, 0.3) is 0 Å². The molecule has 1 aliphatic heterocycles. The molecule has 1 atom stereocenters. The maximum absolute atomic E-state index is 12.2. The van der Waals surface area contributed by atoms with Gasteiger partial charge in [0.05, 0.1) is 12.6 Å². The summed E-state index contributed by atoms with van der Waals surface area (Å²) in [6.07, 6.45) is 7.08. The van der Waals surface area contributed by atoms with Crippen molar-refractivity contribution in [2.75, 3.05) is 13.1 Å². The average Bonchev–Trinajstić information content (AvgIpc) is 2.52. The molecular weight excluding hydrogens is 276 g/mol. The van der Waals surface area contributed by atoms with Gasteiger partial charge in [0.1, 0.15) is 0 Å². The fraction of sp³-hybridized carbons (Fsp3) is 0.444. The number of amides is 2. The third-order valence-electron chi connectivity index (χ3n) is 3.82. The van der Waals surface area contributed by atoms with Gasteiger partial charge in [-0.15, -0.1) is 0 Å². The van der Waals surface area contributed by atoms with Gasteiger partial charge in [0.2, 0.25) is 11.8 Å². The van der Waals surface area contributed by atoms with E-state index in [0.29, 0.717) is 13.0 Å². The Balaban J connectivity index is 1.87. The van der Waals surface area contributed by atoms with Crippen LogP contribution in [0.5, 0.6) is 0 Å². The topological polar surface area (TPSA) is 49.4 Å². The van der Waals surface area contributed by atoms with Crippen LogP contribution < -0.4 is 5.32 Å². The van der Waals surface area contributed by atoms with Gasteiger partial charge in [-0.05, 0) is 31.7 Å². The predicted octanol–water partition coefficient (Wildman–Crippen LogP) is 2.30. The number of carbonyl (C=O) groups is 2. The van der Waals surface area contributed by atoms with E-state index in [1.807, 2.05) is 43.3 Å². The van der Waals surface area contributed by atoms with Gasteiger partial charge in [-0.25, -0.2) is 0 Å². The Morgan fingerprint density at radius 1 is 1.36 bits per heavy atom. The number of piperazine rings is 1. The van der Waals surface area contributed by atoms with Gasteiger partial charge >= 0.3 is 0 Å². The number of hydrogen-bond donors (Lipinski definition) is 1. The number of rotatable bonds is 6. The Bertz CT molecular complexity index is 525. The Hall–Kier alpha value is -2.10. The summed E-state index contributed by atoms with van der Waals surface area (Å²) in [5.74, 6) is 0.0198. The SMILES string of the molecule is CC=CCCCC(=O)N1CC(=O)N[C@@H](Cc2ccccc2)C1. The van der Waals surface area contributed by atoms with Gasteiger partial charge < -0.3 is 10.2 Å².